The van der Waals surface area contributed by atoms with Gasteiger partial charge >= 0.3 is 0 Å². The molecule has 20 heavy (non-hydrogen) atoms. The predicted octanol–water partition coefficient (Wildman–Crippen LogP) is 2.46. The Kier molecular flexibility index (Phi) is 4.38. The molecule has 1 aromatic heterocycles. The number of rotatable bonds is 5. The first-order valence-electron chi connectivity index (χ1n) is 7.09. The summed E-state index contributed by atoms with van der Waals surface area (Å²) in [5, 5.41) is 2.98. The highest BCUT2D eigenvalue weighted by Crippen LogP contribution is 2.31. The van der Waals surface area contributed by atoms with Gasteiger partial charge in [0, 0.05) is 6.04 Å². The maximum Gasteiger partial charge on any atom is 0.171 e. The first-order valence-corrected chi connectivity index (χ1v) is 7.09. The second-order valence-corrected chi connectivity index (χ2v) is 5.80. The molecule has 0 spiro atoms. The largest absolute Gasteiger partial charge is 0.363 e. The molecule has 110 valence electrons. The number of hydrogen-bond acceptors (Lipinski definition) is 4. The maximum absolute atomic E-state index is 12.8. The van der Waals surface area contributed by atoms with Crippen LogP contribution in [0, 0.1) is 5.82 Å². The van der Waals surface area contributed by atoms with Gasteiger partial charge in [-0.1, -0.05) is 0 Å². The fourth-order valence-corrected chi connectivity index (χ4v) is 2.95. The summed E-state index contributed by atoms with van der Waals surface area (Å²) in [6.07, 6.45) is 3.09. The van der Waals surface area contributed by atoms with E-state index < -0.39 is 5.54 Å². The van der Waals surface area contributed by atoms with Gasteiger partial charge in [-0.25, -0.2) is 9.37 Å². The number of aromatic nitrogens is 1. The van der Waals surface area contributed by atoms with Crippen LogP contribution in [0.2, 0.25) is 0 Å². The Bertz CT molecular complexity index is 475. The second kappa shape index (κ2) is 5.87. The average molecular weight is 279 g/mol. The molecule has 0 radical (unpaired) electrons. The smallest absolute Gasteiger partial charge is 0.171 e. The zero-order valence-electron chi connectivity index (χ0n) is 12.3. The van der Waals surface area contributed by atoms with Crippen LogP contribution in [-0.2, 0) is 4.79 Å². The maximum atomic E-state index is 12.8. The van der Waals surface area contributed by atoms with Crippen molar-refractivity contribution in [2.24, 2.45) is 0 Å². The summed E-state index contributed by atoms with van der Waals surface area (Å²) >= 11 is 0. The molecule has 1 aliphatic rings. The number of carbonyl (C=O) groups is 1. The number of hydrogen-bond donors (Lipinski definition) is 1. The van der Waals surface area contributed by atoms with Gasteiger partial charge in [-0.05, 0) is 52.3 Å². The second-order valence-electron chi connectivity index (χ2n) is 5.80. The number of halogens is 1. The van der Waals surface area contributed by atoms with Crippen molar-refractivity contribution in [1.82, 2.24) is 9.88 Å². The van der Waals surface area contributed by atoms with Crippen molar-refractivity contribution < 1.29 is 9.18 Å². The molecule has 2 rings (SSSR count). The number of anilines is 1. The van der Waals surface area contributed by atoms with Crippen LogP contribution in [0.5, 0.6) is 0 Å². The summed E-state index contributed by atoms with van der Waals surface area (Å²) < 4.78 is 12.8. The van der Waals surface area contributed by atoms with E-state index in [1.54, 1.807) is 6.07 Å². The minimum atomic E-state index is -0.402. The highest BCUT2D eigenvalue weighted by atomic mass is 19.1. The number of ketones is 1. The van der Waals surface area contributed by atoms with Crippen LogP contribution in [0.3, 0.4) is 0 Å². The van der Waals surface area contributed by atoms with Crippen molar-refractivity contribution in [2.45, 2.75) is 45.2 Å². The van der Waals surface area contributed by atoms with Crippen LogP contribution in [-0.4, -0.2) is 40.3 Å². The Morgan fingerprint density at radius 1 is 1.55 bits per heavy atom. The molecule has 1 saturated heterocycles. The van der Waals surface area contributed by atoms with Crippen LogP contribution in [0.1, 0.15) is 33.6 Å². The number of likely N-dealkylation sites (tertiary alicyclic amines) is 1. The molecule has 0 saturated carbocycles. The summed E-state index contributed by atoms with van der Waals surface area (Å²) in [6.45, 7) is 7.44. The molecule has 1 atom stereocenters. The van der Waals surface area contributed by atoms with Gasteiger partial charge in [0.2, 0.25) is 0 Å². The van der Waals surface area contributed by atoms with E-state index in [9.17, 15) is 9.18 Å². The third-order valence-corrected chi connectivity index (χ3v) is 4.08. The molecule has 0 amide bonds. The average Bonchev–Trinajstić information content (AvgIpc) is 2.81. The number of Topliss-reactive ketones (excluding diaryl/α,β-unsaturated/α-hetero) is 1. The van der Waals surface area contributed by atoms with Crippen molar-refractivity contribution in [2.75, 3.05) is 18.4 Å². The molecule has 1 fully saturated rings. The molecule has 1 aromatic rings. The Labute approximate surface area is 119 Å². The van der Waals surface area contributed by atoms with Crippen LogP contribution >= 0.6 is 0 Å². The fraction of sp³-hybridized carbons (Fsp3) is 0.600. The third-order valence-electron chi connectivity index (χ3n) is 4.08. The summed E-state index contributed by atoms with van der Waals surface area (Å²) in [5.41, 5.74) is -0.402. The lowest BCUT2D eigenvalue weighted by Crippen LogP contribution is -2.52. The molecular formula is C15H22FN3O. The van der Waals surface area contributed by atoms with Gasteiger partial charge in [0.15, 0.2) is 5.78 Å². The van der Waals surface area contributed by atoms with E-state index in [0.29, 0.717) is 11.9 Å². The number of pyridine rings is 1. The number of nitrogens with zero attached hydrogens (tertiary/aromatic N) is 2. The third kappa shape index (κ3) is 2.98. The lowest BCUT2D eigenvalue weighted by atomic mass is 9.92. The van der Waals surface area contributed by atoms with E-state index in [1.807, 2.05) is 6.92 Å². The topological polar surface area (TPSA) is 45.2 Å². The van der Waals surface area contributed by atoms with Crippen molar-refractivity contribution >= 4 is 11.6 Å². The molecule has 4 nitrogen and oxygen atoms in total. The van der Waals surface area contributed by atoms with Crippen molar-refractivity contribution in [3.63, 3.8) is 0 Å². The number of carbonyl (C=O) groups excluding carboxylic acids is 1. The van der Waals surface area contributed by atoms with Crippen molar-refractivity contribution in [1.29, 1.82) is 0 Å². The molecule has 5 heteroatoms. The van der Waals surface area contributed by atoms with Gasteiger partial charge in [-0.15, -0.1) is 0 Å². The summed E-state index contributed by atoms with van der Waals surface area (Å²) in [6, 6.07) is 3.23. The standard InChI is InChI=1S/C15H22FN3O/c1-11(2)19-8-4-7-15(19,3)13(20)10-18-14-6-5-12(16)9-17-14/h5-6,9,11H,4,7-8,10H2,1-3H3,(H,17,18)/t15-/m0/s1. The Hall–Kier alpha value is -1.49. The minimum absolute atomic E-state index is 0.162. The van der Waals surface area contributed by atoms with Gasteiger partial charge in [0.1, 0.15) is 11.6 Å². The highest BCUT2D eigenvalue weighted by Gasteiger charge is 2.43. The summed E-state index contributed by atoms with van der Waals surface area (Å²) in [7, 11) is 0. The summed E-state index contributed by atoms with van der Waals surface area (Å²) in [5.74, 6) is 0.308. The van der Waals surface area contributed by atoms with Crippen LogP contribution in [0.4, 0.5) is 10.2 Å². The first-order chi connectivity index (χ1) is 9.43. The molecule has 0 aliphatic carbocycles. The van der Waals surface area contributed by atoms with Crippen LogP contribution in [0.25, 0.3) is 0 Å². The summed E-state index contributed by atoms with van der Waals surface area (Å²) in [4.78, 5) is 18.7. The Balaban J connectivity index is 1.99. The van der Waals surface area contributed by atoms with E-state index in [2.05, 4.69) is 29.0 Å². The normalized spacial score (nSPS) is 23.2. The molecule has 1 N–H and O–H groups in total. The van der Waals surface area contributed by atoms with Gasteiger partial charge in [0.25, 0.3) is 0 Å². The predicted molar refractivity (Wildman–Crippen MR) is 77.2 cm³/mol. The van der Waals surface area contributed by atoms with Gasteiger partial charge in [-0.2, -0.15) is 0 Å². The first kappa shape index (κ1) is 14.9. The molecule has 0 unspecified atom stereocenters. The number of nitrogens with one attached hydrogen (secondary N) is 1. The van der Waals surface area contributed by atoms with E-state index in [0.717, 1.165) is 25.6 Å². The molecule has 0 aromatic carbocycles. The van der Waals surface area contributed by atoms with Gasteiger partial charge in [-0.3, -0.25) is 9.69 Å². The molecule has 0 bridgehead atoms. The van der Waals surface area contributed by atoms with Crippen LogP contribution < -0.4 is 5.32 Å². The Morgan fingerprint density at radius 2 is 2.30 bits per heavy atom. The lowest BCUT2D eigenvalue weighted by molar-refractivity contribution is -0.127. The van der Waals surface area contributed by atoms with E-state index in [4.69, 9.17) is 0 Å². The SMILES string of the molecule is CC(C)N1CCC[C@@]1(C)C(=O)CNc1ccc(F)cn1. The molecule has 1 aliphatic heterocycles. The van der Waals surface area contributed by atoms with Gasteiger partial charge in [0.05, 0.1) is 18.3 Å². The fourth-order valence-electron chi connectivity index (χ4n) is 2.95. The quantitative estimate of drug-likeness (QED) is 0.899. The Morgan fingerprint density at radius 3 is 2.90 bits per heavy atom. The molecular weight excluding hydrogens is 257 g/mol. The zero-order valence-corrected chi connectivity index (χ0v) is 12.3. The van der Waals surface area contributed by atoms with Crippen LogP contribution in [0.15, 0.2) is 18.3 Å². The van der Waals surface area contributed by atoms with Crippen molar-refractivity contribution in [3.8, 4) is 0 Å². The van der Waals surface area contributed by atoms with E-state index >= 15 is 0 Å². The van der Waals surface area contributed by atoms with Gasteiger partial charge < -0.3 is 5.32 Å². The minimum Gasteiger partial charge on any atom is -0.363 e. The highest BCUT2D eigenvalue weighted by molar-refractivity contribution is 5.91. The van der Waals surface area contributed by atoms with Crippen molar-refractivity contribution in [3.05, 3.63) is 24.1 Å². The zero-order chi connectivity index (χ0) is 14.8. The lowest BCUT2D eigenvalue weighted by Gasteiger charge is -2.36. The van der Waals surface area contributed by atoms with E-state index in [1.165, 1.54) is 6.07 Å². The van der Waals surface area contributed by atoms with E-state index in [-0.39, 0.29) is 18.1 Å². The molecule has 2 heterocycles. The monoisotopic (exact) mass is 279 g/mol.